The number of H-pyrrole nitrogens is 1. The van der Waals surface area contributed by atoms with Crippen molar-refractivity contribution in [3.05, 3.63) is 60.3 Å². The maximum atomic E-state index is 8.97. The van der Waals surface area contributed by atoms with E-state index in [9.17, 15) is 0 Å². The van der Waals surface area contributed by atoms with E-state index in [4.69, 9.17) is 5.11 Å². The van der Waals surface area contributed by atoms with Gasteiger partial charge < -0.3 is 10.1 Å². The number of nitrogens with one attached hydrogen (secondary N) is 1. The van der Waals surface area contributed by atoms with E-state index in [0.29, 0.717) is 0 Å². The van der Waals surface area contributed by atoms with Crippen molar-refractivity contribution in [1.82, 2.24) is 15.0 Å². The van der Waals surface area contributed by atoms with E-state index in [0.717, 1.165) is 17.0 Å². The lowest BCUT2D eigenvalue weighted by Gasteiger charge is -1.96. The molecule has 2 N–H and O–H groups in total. The van der Waals surface area contributed by atoms with Crippen LogP contribution >= 0.6 is 0 Å². The predicted molar refractivity (Wildman–Crippen MR) is 75.7 cm³/mol. The monoisotopic (exact) mass is 255 g/mol. The van der Waals surface area contributed by atoms with E-state index >= 15 is 0 Å². The van der Waals surface area contributed by atoms with Gasteiger partial charge in [-0.25, -0.2) is 4.98 Å². The summed E-state index contributed by atoms with van der Waals surface area (Å²) < 4.78 is 0. The molecule has 4 nitrogen and oxygen atoms in total. The van der Waals surface area contributed by atoms with Crippen LogP contribution in [0.4, 0.5) is 0 Å². The number of aromatic nitrogens is 3. The first kappa shape index (κ1) is 13.2. The lowest BCUT2D eigenvalue weighted by molar-refractivity contribution is 0.195. The molecule has 0 bridgehead atoms. The minimum atomic E-state index is -0.439. The van der Waals surface area contributed by atoms with Gasteiger partial charge in [0.05, 0.1) is 23.5 Å². The number of pyridine rings is 1. The van der Waals surface area contributed by atoms with Crippen LogP contribution in [0.1, 0.15) is 24.5 Å². The first-order valence-corrected chi connectivity index (χ1v) is 6.16. The number of fused-ring (bicyclic) bond motifs is 1. The second-order valence-electron chi connectivity index (χ2n) is 4.30. The molecule has 0 radical (unpaired) electrons. The molecule has 2 heterocycles. The zero-order valence-corrected chi connectivity index (χ0v) is 11.0. The molecule has 0 saturated heterocycles. The van der Waals surface area contributed by atoms with Crippen molar-refractivity contribution in [2.24, 2.45) is 0 Å². The molecule has 0 aliphatic heterocycles. The molecule has 98 valence electrons. The highest BCUT2D eigenvalue weighted by molar-refractivity contribution is 5.77. The van der Waals surface area contributed by atoms with E-state index in [1.54, 1.807) is 13.1 Å². The molecule has 0 amide bonds. The minimum absolute atomic E-state index is 0.439. The topological polar surface area (TPSA) is 61.8 Å². The van der Waals surface area contributed by atoms with Crippen LogP contribution < -0.4 is 0 Å². The van der Waals surface area contributed by atoms with Crippen molar-refractivity contribution < 1.29 is 5.11 Å². The fourth-order valence-corrected chi connectivity index (χ4v) is 1.67. The zero-order chi connectivity index (χ0) is 13.7. The Bertz CT molecular complexity index is 581. The Morgan fingerprint density at radius 3 is 2.42 bits per heavy atom. The Morgan fingerprint density at radius 2 is 1.84 bits per heavy atom. The van der Waals surface area contributed by atoms with Gasteiger partial charge in [0, 0.05) is 11.6 Å². The Labute approximate surface area is 112 Å². The van der Waals surface area contributed by atoms with Crippen molar-refractivity contribution in [1.29, 1.82) is 0 Å². The second-order valence-corrected chi connectivity index (χ2v) is 4.30. The van der Waals surface area contributed by atoms with E-state index in [1.165, 1.54) is 5.39 Å². The molecule has 4 heteroatoms. The quantitative estimate of drug-likeness (QED) is 0.702. The van der Waals surface area contributed by atoms with Crippen LogP contribution in [-0.2, 0) is 0 Å². The Kier molecular flexibility index (Phi) is 4.26. The molecular weight excluding hydrogens is 238 g/mol. The van der Waals surface area contributed by atoms with Crippen LogP contribution in [-0.4, -0.2) is 20.1 Å². The molecule has 0 aliphatic rings. The summed E-state index contributed by atoms with van der Waals surface area (Å²) >= 11 is 0. The maximum Gasteiger partial charge on any atom is 0.103 e. The van der Waals surface area contributed by atoms with Crippen LogP contribution in [0.3, 0.4) is 0 Å². The largest absolute Gasteiger partial charge is 0.387 e. The number of aliphatic hydroxyl groups excluding tert-OH is 1. The molecule has 1 unspecified atom stereocenters. The lowest BCUT2D eigenvalue weighted by Crippen LogP contribution is -1.89. The molecule has 0 spiro atoms. The SMILES string of the molecule is Cc1ncc(C(C)O)[nH]1.c1ccc2ncccc2c1. The van der Waals surface area contributed by atoms with Crippen molar-refractivity contribution in [3.63, 3.8) is 0 Å². The fourth-order valence-electron chi connectivity index (χ4n) is 1.67. The van der Waals surface area contributed by atoms with Crippen molar-refractivity contribution >= 4 is 10.9 Å². The first-order chi connectivity index (χ1) is 9.16. The third-order valence-electron chi connectivity index (χ3n) is 2.68. The van der Waals surface area contributed by atoms with E-state index in [1.807, 2.05) is 37.4 Å². The average molecular weight is 255 g/mol. The van der Waals surface area contributed by atoms with Gasteiger partial charge in [-0.3, -0.25) is 4.98 Å². The third kappa shape index (κ3) is 3.63. The van der Waals surface area contributed by atoms with Gasteiger partial charge >= 0.3 is 0 Å². The van der Waals surface area contributed by atoms with Crippen LogP contribution in [0, 0.1) is 6.92 Å². The smallest absolute Gasteiger partial charge is 0.103 e. The molecule has 0 aliphatic carbocycles. The first-order valence-electron chi connectivity index (χ1n) is 6.16. The van der Waals surface area contributed by atoms with Gasteiger partial charge in [0.25, 0.3) is 0 Å². The number of aliphatic hydroxyl groups is 1. The van der Waals surface area contributed by atoms with Gasteiger partial charge in [-0.1, -0.05) is 24.3 Å². The maximum absolute atomic E-state index is 8.97. The van der Waals surface area contributed by atoms with Gasteiger partial charge in [-0.05, 0) is 26.0 Å². The molecule has 3 rings (SSSR count). The molecular formula is C15H17N3O. The van der Waals surface area contributed by atoms with E-state index < -0.39 is 6.10 Å². The van der Waals surface area contributed by atoms with Gasteiger partial charge in [-0.15, -0.1) is 0 Å². The fraction of sp³-hybridized carbons (Fsp3) is 0.200. The van der Waals surface area contributed by atoms with Crippen LogP contribution in [0.2, 0.25) is 0 Å². The number of hydrogen-bond acceptors (Lipinski definition) is 3. The highest BCUT2D eigenvalue weighted by Gasteiger charge is 2.00. The molecule has 1 aromatic carbocycles. The second kappa shape index (κ2) is 6.11. The van der Waals surface area contributed by atoms with Gasteiger partial charge in [0.2, 0.25) is 0 Å². The third-order valence-corrected chi connectivity index (χ3v) is 2.68. The highest BCUT2D eigenvalue weighted by atomic mass is 16.3. The number of hydrogen-bond donors (Lipinski definition) is 2. The van der Waals surface area contributed by atoms with Crippen molar-refractivity contribution in [3.8, 4) is 0 Å². The van der Waals surface area contributed by atoms with Crippen molar-refractivity contribution in [2.45, 2.75) is 20.0 Å². The van der Waals surface area contributed by atoms with Crippen LogP contribution in [0.5, 0.6) is 0 Å². The van der Waals surface area contributed by atoms with Crippen LogP contribution in [0.25, 0.3) is 10.9 Å². The molecule has 19 heavy (non-hydrogen) atoms. The number of aromatic amines is 1. The Balaban J connectivity index is 0.000000141. The number of rotatable bonds is 1. The number of aryl methyl sites for hydroxylation is 1. The molecule has 2 aromatic heterocycles. The van der Waals surface area contributed by atoms with Crippen LogP contribution in [0.15, 0.2) is 48.8 Å². The number of benzene rings is 1. The Hall–Kier alpha value is -2.20. The standard InChI is InChI=1S/C9H7N.C6H10N2O/c1-2-6-9-8(4-1)5-3-7-10-9;1-4(9)6-3-7-5(2)8-6/h1-7H;3-4,9H,1-2H3,(H,7,8). The summed E-state index contributed by atoms with van der Waals surface area (Å²) in [5, 5.41) is 10.2. The summed E-state index contributed by atoms with van der Waals surface area (Å²) in [5.41, 5.74) is 1.83. The normalized spacial score (nSPS) is 11.7. The zero-order valence-electron chi connectivity index (χ0n) is 11.0. The summed E-state index contributed by atoms with van der Waals surface area (Å²) in [5.74, 6) is 0.839. The van der Waals surface area contributed by atoms with E-state index in [2.05, 4.69) is 27.1 Å². The summed E-state index contributed by atoms with van der Waals surface area (Å²) in [4.78, 5) is 11.0. The van der Waals surface area contributed by atoms with Crippen molar-refractivity contribution in [2.75, 3.05) is 0 Å². The molecule has 0 saturated carbocycles. The van der Waals surface area contributed by atoms with Gasteiger partial charge in [0.1, 0.15) is 5.82 Å². The molecule has 3 aromatic rings. The predicted octanol–water partition coefficient (Wildman–Crippen LogP) is 3.01. The number of para-hydroxylation sites is 1. The highest BCUT2D eigenvalue weighted by Crippen LogP contribution is 2.08. The summed E-state index contributed by atoms with van der Waals surface area (Å²) in [6, 6.07) is 12.1. The Morgan fingerprint density at radius 1 is 1.11 bits per heavy atom. The summed E-state index contributed by atoms with van der Waals surface area (Å²) in [6.07, 6.45) is 3.01. The molecule has 0 fully saturated rings. The number of nitrogens with zero attached hydrogens (tertiary/aromatic N) is 2. The average Bonchev–Trinajstić information content (AvgIpc) is 2.87. The minimum Gasteiger partial charge on any atom is -0.387 e. The summed E-state index contributed by atoms with van der Waals surface area (Å²) in [6.45, 7) is 3.55. The number of imidazole rings is 1. The molecule has 1 atom stereocenters. The van der Waals surface area contributed by atoms with E-state index in [-0.39, 0.29) is 0 Å². The van der Waals surface area contributed by atoms with Gasteiger partial charge in [-0.2, -0.15) is 0 Å². The lowest BCUT2D eigenvalue weighted by atomic mass is 10.2. The van der Waals surface area contributed by atoms with Gasteiger partial charge in [0.15, 0.2) is 0 Å². The summed E-state index contributed by atoms with van der Waals surface area (Å²) in [7, 11) is 0.